The summed E-state index contributed by atoms with van der Waals surface area (Å²) < 4.78 is 0. The lowest BCUT2D eigenvalue weighted by Crippen LogP contribution is -2.28. The van der Waals surface area contributed by atoms with Crippen LogP contribution in [0.1, 0.15) is 27.2 Å². The summed E-state index contributed by atoms with van der Waals surface area (Å²) >= 11 is 0. The molecule has 0 aromatic carbocycles. The van der Waals surface area contributed by atoms with Gasteiger partial charge in [-0.25, -0.2) is 9.97 Å². The number of aromatic nitrogens is 3. The van der Waals surface area contributed by atoms with Crippen LogP contribution >= 0.6 is 0 Å². The van der Waals surface area contributed by atoms with E-state index in [9.17, 15) is 0 Å². The Morgan fingerprint density at radius 3 is 2.67 bits per heavy atom. The van der Waals surface area contributed by atoms with Gasteiger partial charge < -0.3 is 4.90 Å². The quantitative estimate of drug-likeness (QED) is 0.811. The number of anilines is 1. The number of rotatable bonds is 5. The fourth-order valence-electron chi connectivity index (χ4n) is 1.91. The molecule has 0 bridgehead atoms. The van der Waals surface area contributed by atoms with Crippen molar-refractivity contribution in [3.63, 3.8) is 0 Å². The van der Waals surface area contributed by atoms with Crippen LogP contribution in [-0.2, 0) is 0 Å². The number of pyridine rings is 1. The Kier molecular flexibility index (Phi) is 4.07. The molecular weight excluding hydrogens is 224 g/mol. The van der Waals surface area contributed by atoms with Gasteiger partial charge in [0, 0.05) is 25.5 Å². The molecule has 0 aliphatic rings. The largest absolute Gasteiger partial charge is 0.357 e. The Morgan fingerprint density at radius 1 is 1.17 bits per heavy atom. The molecule has 18 heavy (non-hydrogen) atoms. The van der Waals surface area contributed by atoms with Gasteiger partial charge in [-0.2, -0.15) is 0 Å². The molecule has 0 aliphatic carbocycles. The molecule has 0 saturated heterocycles. The van der Waals surface area contributed by atoms with Gasteiger partial charge in [0.05, 0.1) is 0 Å². The highest BCUT2D eigenvalue weighted by atomic mass is 15.2. The summed E-state index contributed by atoms with van der Waals surface area (Å²) in [6, 6.07) is 4.02. The Balaban J connectivity index is 2.27. The van der Waals surface area contributed by atoms with Crippen LogP contribution in [0.3, 0.4) is 0 Å². The van der Waals surface area contributed by atoms with Crippen molar-refractivity contribution in [3.8, 4) is 0 Å². The van der Waals surface area contributed by atoms with Crippen LogP contribution in [0.5, 0.6) is 0 Å². The predicted octanol–water partition coefficient (Wildman–Crippen LogP) is 2.90. The molecule has 0 saturated carbocycles. The minimum absolute atomic E-state index is 0.671. The van der Waals surface area contributed by atoms with Crippen molar-refractivity contribution in [2.75, 3.05) is 18.0 Å². The molecule has 0 amide bonds. The van der Waals surface area contributed by atoms with Gasteiger partial charge >= 0.3 is 0 Å². The summed E-state index contributed by atoms with van der Waals surface area (Å²) in [5.41, 5.74) is 1.57. The third-order valence-electron chi connectivity index (χ3n) is 3.25. The normalized spacial score (nSPS) is 12.6. The van der Waals surface area contributed by atoms with Crippen LogP contribution in [0.25, 0.3) is 11.2 Å². The topological polar surface area (TPSA) is 41.9 Å². The van der Waals surface area contributed by atoms with Crippen molar-refractivity contribution in [1.82, 2.24) is 15.0 Å². The Hall–Kier alpha value is -1.71. The fraction of sp³-hybridized carbons (Fsp3) is 0.500. The second-order valence-electron chi connectivity index (χ2n) is 4.62. The smallest absolute Gasteiger partial charge is 0.180 e. The van der Waals surface area contributed by atoms with Gasteiger partial charge in [-0.3, -0.25) is 4.98 Å². The summed E-state index contributed by atoms with van der Waals surface area (Å²) in [6.07, 6.45) is 4.56. The van der Waals surface area contributed by atoms with E-state index in [-0.39, 0.29) is 0 Å². The average molecular weight is 244 g/mol. The van der Waals surface area contributed by atoms with Crippen molar-refractivity contribution in [2.45, 2.75) is 27.2 Å². The molecule has 0 spiro atoms. The lowest BCUT2D eigenvalue weighted by atomic mass is 10.1. The van der Waals surface area contributed by atoms with Crippen molar-refractivity contribution in [3.05, 3.63) is 24.5 Å². The summed E-state index contributed by atoms with van der Waals surface area (Å²) in [7, 11) is 0. The van der Waals surface area contributed by atoms with E-state index < -0.39 is 0 Å². The van der Waals surface area contributed by atoms with Gasteiger partial charge in [0.25, 0.3) is 0 Å². The molecule has 2 aromatic rings. The van der Waals surface area contributed by atoms with Crippen LogP contribution in [0.4, 0.5) is 5.82 Å². The highest BCUT2D eigenvalue weighted by Gasteiger charge is 2.10. The third kappa shape index (κ3) is 2.75. The monoisotopic (exact) mass is 244 g/mol. The first-order valence-electron chi connectivity index (χ1n) is 6.57. The van der Waals surface area contributed by atoms with Gasteiger partial charge in [-0.05, 0) is 25.0 Å². The van der Waals surface area contributed by atoms with Gasteiger partial charge in [-0.15, -0.1) is 0 Å². The molecule has 0 radical (unpaired) electrons. The fourth-order valence-corrected chi connectivity index (χ4v) is 1.91. The summed E-state index contributed by atoms with van der Waals surface area (Å²) in [5, 5.41) is 0. The molecule has 96 valence electrons. The summed E-state index contributed by atoms with van der Waals surface area (Å²) in [4.78, 5) is 15.4. The molecular formula is C14H20N4. The van der Waals surface area contributed by atoms with E-state index in [1.165, 1.54) is 6.42 Å². The zero-order valence-electron chi connectivity index (χ0n) is 11.3. The summed E-state index contributed by atoms with van der Waals surface area (Å²) in [6.45, 7) is 8.64. The Labute approximate surface area is 108 Å². The van der Waals surface area contributed by atoms with Gasteiger partial charge in [0.15, 0.2) is 5.65 Å². The maximum absolute atomic E-state index is 4.59. The zero-order chi connectivity index (χ0) is 13.0. The van der Waals surface area contributed by atoms with E-state index in [1.54, 1.807) is 12.4 Å². The number of hydrogen-bond donors (Lipinski definition) is 0. The van der Waals surface area contributed by atoms with Crippen LogP contribution in [0.15, 0.2) is 24.5 Å². The van der Waals surface area contributed by atoms with Gasteiger partial charge in [0.2, 0.25) is 0 Å². The van der Waals surface area contributed by atoms with E-state index >= 15 is 0 Å². The van der Waals surface area contributed by atoms with Crippen LogP contribution in [-0.4, -0.2) is 28.0 Å². The lowest BCUT2D eigenvalue weighted by molar-refractivity contribution is 0.546. The standard InChI is InChI=1S/C14H20N4/c1-4-11(3)10-18(5-2)13-7-6-12-14(17-13)16-9-8-15-12/h6-9,11H,4-5,10H2,1-3H3. The number of hydrogen-bond acceptors (Lipinski definition) is 4. The molecule has 0 aliphatic heterocycles. The van der Waals surface area contributed by atoms with Gasteiger partial charge in [-0.1, -0.05) is 20.3 Å². The van der Waals surface area contributed by atoms with Crippen molar-refractivity contribution in [1.29, 1.82) is 0 Å². The van der Waals surface area contributed by atoms with Crippen molar-refractivity contribution >= 4 is 17.0 Å². The molecule has 0 N–H and O–H groups in total. The minimum atomic E-state index is 0.671. The van der Waals surface area contributed by atoms with E-state index in [2.05, 4.69) is 40.6 Å². The minimum Gasteiger partial charge on any atom is -0.357 e. The highest BCUT2D eigenvalue weighted by molar-refractivity contribution is 5.71. The first kappa shape index (κ1) is 12.7. The second kappa shape index (κ2) is 5.76. The second-order valence-corrected chi connectivity index (χ2v) is 4.62. The lowest BCUT2D eigenvalue weighted by Gasteiger charge is -2.25. The van der Waals surface area contributed by atoms with Crippen molar-refractivity contribution in [2.24, 2.45) is 5.92 Å². The van der Waals surface area contributed by atoms with Gasteiger partial charge in [0.1, 0.15) is 11.3 Å². The molecule has 0 fully saturated rings. The van der Waals surface area contributed by atoms with E-state index in [0.717, 1.165) is 30.1 Å². The zero-order valence-corrected chi connectivity index (χ0v) is 11.3. The van der Waals surface area contributed by atoms with E-state index in [0.29, 0.717) is 5.92 Å². The summed E-state index contributed by atoms with van der Waals surface area (Å²) in [5.74, 6) is 1.66. The van der Waals surface area contributed by atoms with Crippen LogP contribution < -0.4 is 4.90 Å². The van der Waals surface area contributed by atoms with E-state index in [1.807, 2.05) is 12.1 Å². The first-order chi connectivity index (χ1) is 8.74. The Bertz CT molecular complexity index is 512. The first-order valence-corrected chi connectivity index (χ1v) is 6.57. The molecule has 4 heteroatoms. The van der Waals surface area contributed by atoms with E-state index in [4.69, 9.17) is 0 Å². The molecule has 2 rings (SSSR count). The molecule has 1 atom stereocenters. The number of fused-ring (bicyclic) bond motifs is 1. The Morgan fingerprint density at radius 2 is 1.94 bits per heavy atom. The molecule has 1 unspecified atom stereocenters. The molecule has 4 nitrogen and oxygen atoms in total. The molecule has 2 heterocycles. The SMILES string of the molecule is CCC(C)CN(CC)c1ccc2nccnc2n1. The average Bonchev–Trinajstić information content (AvgIpc) is 2.44. The molecule has 2 aromatic heterocycles. The highest BCUT2D eigenvalue weighted by Crippen LogP contribution is 2.16. The predicted molar refractivity (Wildman–Crippen MR) is 74.7 cm³/mol. The van der Waals surface area contributed by atoms with Crippen molar-refractivity contribution < 1.29 is 0 Å². The maximum atomic E-state index is 4.59. The van der Waals surface area contributed by atoms with Crippen LogP contribution in [0, 0.1) is 5.92 Å². The third-order valence-corrected chi connectivity index (χ3v) is 3.25. The number of nitrogens with zero attached hydrogens (tertiary/aromatic N) is 4. The maximum Gasteiger partial charge on any atom is 0.180 e. The van der Waals surface area contributed by atoms with Crippen LogP contribution in [0.2, 0.25) is 0 Å².